The first-order chi connectivity index (χ1) is 15.1. The molecule has 0 bridgehead atoms. The highest BCUT2D eigenvalue weighted by molar-refractivity contribution is 7.89. The largest absolute Gasteiger partial charge is 0.344 e. The van der Waals surface area contributed by atoms with E-state index in [0.29, 0.717) is 18.0 Å². The number of nitrogens with one attached hydrogen (secondary N) is 2. The summed E-state index contributed by atoms with van der Waals surface area (Å²) < 4.78 is 40.2. The number of rotatable bonds is 7. The van der Waals surface area contributed by atoms with Crippen LogP contribution in [0, 0.1) is 24.6 Å². The van der Waals surface area contributed by atoms with Gasteiger partial charge in [-0.1, -0.05) is 13.8 Å². The second-order valence-corrected chi connectivity index (χ2v) is 11.0. The average Bonchev–Trinajstić information content (AvgIpc) is 3.16. The van der Waals surface area contributed by atoms with Crippen molar-refractivity contribution >= 4 is 38.3 Å². The molecule has 2 heterocycles. The number of carbonyl (C=O) groups is 2. The summed E-state index contributed by atoms with van der Waals surface area (Å²) in [6, 6.07) is 3.84. The summed E-state index contributed by atoms with van der Waals surface area (Å²) in [5, 5.41) is 7.79. The van der Waals surface area contributed by atoms with E-state index in [9.17, 15) is 22.4 Å². The zero-order valence-electron chi connectivity index (χ0n) is 18.2. The Morgan fingerprint density at radius 1 is 1.25 bits per heavy atom. The molecule has 2 N–H and O–H groups in total. The smallest absolute Gasteiger partial charge is 0.248 e. The molecule has 1 aliphatic rings. The lowest BCUT2D eigenvalue weighted by atomic mass is 9.96. The van der Waals surface area contributed by atoms with Gasteiger partial charge in [-0.15, -0.1) is 11.3 Å². The molecule has 0 radical (unpaired) electrons. The second-order valence-electron chi connectivity index (χ2n) is 8.17. The fraction of sp³-hybridized carbons (Fsp3) is 0.476. The quantitative estimate of drug-likeness (QED) is 0.631. The number of nitrogens with zero attached hydrogens (tertiary/aromatic N) is 2. The number of amides is 2. The van der Waals surface area contributed by atoms with Gasteiger partial charge >= 0.3 is 0 Å². The first-order valence-electron chi connectivity index (χ1n) is 10.4. The van der Waals surface area contributed by atoms with Gasteiger partial charge in [0.25, 0.3) is 0 Å². The van der Waals surface area contributed by atoms with E-state index in [2.05, 4.69) is 15.6 Å². The van der Waals surface area contributed by atoms with Crippen molar-refractivity contribution in [1.29, 1.82) is 0 Å². The van der Waals surface area contributed by atoms with Crippen LogP contribution in [0.2, 0.25) is 0 Å². The maximum Gasteiger partial charge on any atom is 0.248 e. The van der Waals surface area contributed by atoms with Crippen LogP contribution in [0.4, 0.5) is 9.52 Å². The van der Waals surface area contributed by atoms with Gasteiger partial charge in [0, 0.05) is 18.5 Å². The lowest BCUT2D eigenvalue weighted by Crippen LogP contribution is -2.52. The zero-order valence-corrected chi connectivity index (χ0v) is 19.8. The number of aromatic nitrogens is 1. The van der Waals surface area contributed by atoms with Crippen LogP contribution < -0.4 is 10.6 Å². The minimum atomic E-state index is -3.84. The fourth-order valence-corrected chi connectivity index (χ4v) is 5.75. The standard InChI is InChI=1S/C21H27FN4O4S2/c1-13(2)18(20(28)25-21-23-14(3)12-31-21)24-19(27)15-5-4-10-26(11-15)32(29,30)17-8-6-16(22)7-9-17/h6-9,12-13,15,18H,4-5,10-11H2,1-3H3,(H,24,27)(H,23,25,28)/t15?,18-/m0/s1. The lowest BCUT2D eigenvalue weighted by molar-refractivity contribution is -0.130. The van der Waals surface area contributed by atoms with Gasteiger partial charge in [0.15, 0.2) is 5.13 Å². The molecule has 1 fully saturated rings. The highest BCUT2D eigenvalue weighted by Crippen LogP contribution is 2.24. The third kappa shape index (κ3) is 5.70. The monoisotopic (exact) mass is 482 g/mol. The number of carbonyl (C=O) groups excluding carboxylic acids is 2. The van der Waals surface area contributed by atoms with Crippen LogP contribution in [-0.4, -0.2) is 48.7 Å². The van der Waals surface area contributed by atoms with Crippen molar-refractivity contribution < 1.29 is 22.4 Å². The average molecular weight is 483 g/mol. The molecule has 0 saturated carbocycles. The molecule has 2 atom stereocenters. The molecule has 1 unspecified atom stereocenters. The Morgan fingerprint density at radius 2 is 1.94 bits per heavy atom. The van der Waals surface area contributed by atoms with Gasteiger partial charge in [-0.2, -0.15) is 4.31 Å². The fourth-order valence-electron chi connectivity index (χ4n) is 3.53. The maximum absolute atomic E-state index is 13.2. The Morgan fingerprint density at radius 3 is 2.53 bits per heavy atom. The van der Waals surface area contributed by atoms with Gasteiger partial charge in [0.05, 0.1) is 16.5 Å². The van der Waals surface area contributed by atoms with E-state index in [4.69, 9.17) is 0 Å². The van der Waals surface area contributed by atoms with E-state index >= 15 is 0 Å². The molecule has 3 rings (SSSR count). The summed E-state index contributed by atoms with van der Waals surface area (Å²) in [5.74, 6) is -2.02. The molecular weight excluding hydrogens is 455 g/mol. The van der Waals surface area contributed by atoms with Crippen LogP contribution in [-0.2, 0) is 19.6 Å². The van der Waals surface area contributed by atoms with Gasteiger partial charge in [0.1, 0.15) is 11.9 Å². The molecule has 0 spiro atoms. The van der Waals surface area contributed by atoms with Crippen molar-refractivity contribution in [2.75, 3.05) is 18.4 Å². The molecule has 0 aliphatic carbocycles. The van der Waals surface area contributed by atoms with Crippen LogP contribution in [0.1, 0.15) is 32.4 Å². The Labute approximate surface area is 191 Å². The van der Waals surface area contributed by atoms with Gasteiger partial charge < -0.3 is 10.6 Å². The minimum Gasteiger partial charge on any atom is -0.344 e. The van der Waals surface area contributed by atoms with Gasteiger partial charge in [-0.25, -0.2) is 17.8 Å². The normalized spacial score (nSPS) is 18.3. The van der Waals surface area contributed by atoms with E-state index in [-0.39, 0.29) is 35.7 Å². The molecule has 1 aliphatic heterocycles. The van der Waals surface area contributed by atoms with Crippen LogP contribution in [0.15, 0.2) is 34.5 Å². The Kier molecular flexibility index (Phi) is 7.63. The molecule has 8 nitrogen and oxygen atoms in total. The third-order valence-corrected chi connectivity index (χ3v) is 8.06. The van der Waals surface area contributed by atoms with Crippen LogP contribution in [0.3, 0.4) is 0 Å². The molecule has 11 heteroatoms. The molecule has 2 amide bonds. The number of aryl methyl sites for hydroxylation is 1. The van der Waals surface area contributed by atoms with Crippen LogP contribution >= 0.6 is 11.3 Å². The number of hydrogen-bond acceptors (Lipinski definition) is 6. The van der Waals surface area contributed by atoms with E-state index in [1.54, 1.807) is 0 Å². The van der Waals surface area contributed by atoms with Crippen molar-refractivity contribution in [3.05, 3.63) is 41.2 Å². The number of thiazole rings is 1. The predicted molar refractivity (Wildman–Crippen MR) is 120 cm³/mol. The molecule has 174 valence electrons. The predicted octanol–water partition coefficient (Wildman–Crippen LogP) is 2.77. The van der Waals surface area contributed by atoms with Crippen molar-refractivity contribution in [2.45, 2.75) is 44.6 Å². The summed E-state index contributed by atoms with van der Waals surface area (Å²) in [6.45, 7) is 5.75. The number of anilines is 1. The Hall–Kier alpha value is -2.37. The van der Waals surface area contributed by atoms with Crippen LogP contribution in [0.5, 0.6) is 0 Å². The van der Waals surface area contributed by atoms with E-state index in [1.165, 1.54) is 27.8 Å². The number of benzene rings is 1. The minimum absolute atomic E-state index is 0.00362. The van der Waals surface area contributed by atoms with Crippen molar-refractivity contribution in [1.82, 2.24) is 14.6 Å². The topological polar surface area (TPSA) is 108 Å². The first-order valence-corrected chi connectivity index (χ1v) is 12.7. The second kappa shape index (κ2) is 10.1. The summed E-state index contributed by atoms with van der Waals surface area (Å²) in [7, 11) is -3.84. The molecular formula is C21H27FN4O4S2. The van der Waals surface area contributed by atoms with E-state index in [0.717, 1.165) is 17.8 Å². The Bertz CT molecular complexity index is 1070. The SMILES string of the molecule is Cc1csc(NC(=O)[C@@H](NC(=O)C2CCCN(S(=O)(=O)c3ccc(F)cc3)C2)C(C)C)n1. The maximum atomic E-state index is 13.2. The molecule has 1 aromatic carbocycles. The number of sulfonamides is 1. The van der Waals surface area contributed by atoms with Crippen LogP contribution in [0.25, 0.3) is 0 Å². The zero-order chi connectivity index (χ0) is 23.5. The van der Waals surface area contributed by atoms with Crippen molar-refractivity contribution in [3.63, 3.8) is 0 Å². The van der Waals surface area contributed by atoms with Crippen molar-refractivity contribution in [3.8, 4) is 0 Å². The van der Waals surface area contributed by atoms with Gasteiger partial charge in [-0.05, 0) is 49.9 Å². The van der Waals surface area contributed by atoms with Gasteiger partial charge in [-0.3, -0.25) is 9.59 Å². The van der Waals surface area contributed by atoms with Gasteiger partial charge in [0.2, 0.25) is 21.8 Å². The molecule has 1 saturated heterocycles. The summed E-state index contributed by atoms with van der Waals surface area (Å²) in [5.41, 5.74) is 0.792. The summed E-state index contributed by atoms with van der Waals surface area (Å²) >= 11 is 1.30. The summed E-state index contributed by atoms with van der Waals surface area (Å²) in [4.78, 5) is 29.9. The molecule has 2 aromatic rings. The highest BCUT2D eigenvalue weighted by atomic mass is 32.2. The Balaban J connectivity index is 1.67. The molecule has 32 heavy (non-hydrogen) atoms. The summed E-state index contributed by atoms with van der Waals surface area (Å²) in [6.07, 6.45) is 1.02. The highest BCUT2D eigenvalue weighted by Gasteiger charge is 2.35. The lowest BCUT2D eigenvalue weighted by Gasteiger charge is -2.32. The van der Waals surface area contributed by atoms with Crippen molar-refractivity contribution in [2.24, 2.45) is 11.8 Å². The third-order valence-electron chi connectivity index (χ3n) is 5.30. The van der Waals surface area contributed by atoms with E-state index < -0.39 is 27.8 Å². The number of hydrogen-bond donors (Lipinski definition) is 2. The number of piperidine rings is 1. The number of halogens is 1. The first kappa shape index (κ1) is 24.3. The molecule has 1 aromatic heterocycles. The van der Waals surface area contributed by atoms with E-state index in [1.807, 2.05) is 26.2 Å².